The molecule has 186 valence electrons. The van der Waals surface area contributed by atoms with E-state index in [0.29, 0.717) is 16.3 Å². The largest absolute Gasteiger partial charge is 0.352 e. The van der Waals surface area contributed by atoms with E-state index in [4.69, 9.17) is 11.6 Å². The maximum Gasteiger partial charge on any atom is 0.244 e. The average Bonchev–Trinajstić information content (AvgIpc) is 2.77. The lowest BCUT2D eigenvalue weighted by molar-refractivity contribution is -0.139. The number of benzene rings is 2. The van der Waals surface area contributed by atoms with Gasteiger partial charge in [-0.1, -0.05) is 52.7 Å². The van der Waals surface area contributed by atoms with Gasteiger partial charge in [0.2, 0.25) is 21.8 Å². The van der Waals surface area contributed by atoms with Gasteiger partial charge in [0.25, 0.3) is 0 Å². The summed E-state index contributed by atoms with van der Waals surface area (Å²) in [6.45, 7) is 6.90. The molecule has 0 spiro atoms. The fourth-order valence-corrected chi connectivity index (χ4v) is 4.54. The van der Waals surface area contributed by atoms with Crippen LogP contribution in [-0.4, -0.2) is 50.0 Å². The van der Waals surface area contributed by atoms with Crippen molar-refractivity contribution in [3.05, 3.63) is 63.1 Å². The SMILES string of the molecule is CC[C@H](C)NC(=O)[C@H](C)N(Cc1ccccc1Cl)C(=O)CN(c1ccc(Br)c(C)c1)S(C)(=O)=O. The predicted molar refractivity (Wildman–Crippen MR) is 140 cm³/mol. The summed E-state index contributed by atoms with van der Waals surface area (Å²) < 4.78 is 27.1. The molecule has 0 fully saturated rings. The van der Waals surface area contributed by atoms with Gasteiger partial charge < -0.3 is 10.2 Å². The number of anilines is 1. The van der Waals surface area contributed by atoms with E-state index in [1.54, 1.807) is 49.4 Å². The lowest BCUT2D eigenvalue weighted by Crippen LogP contribution is -2.52. The van der Waals surface area contributed by atoms with Crippen LogP contribution >= 0.6 is 27.5 Å². The topological polar surface area (TPSA) is 86.8 Å². The number of amides is 2. The van der Waals surface area contributed by atoms with Crippen LogP contribution in [0.1, 0.15) is 38.3 Å². The van der Waals surface area contributed by atoms with Crippen LogP contribution in [0.25, 0.3) is 0 Å². The van der Waals surface area contributed by atoms with Crippen molar-refractivity contribution in [2.75, 3.05) is 17.1 Å². The lowest BCUT2D eigenvalue weighted by Gasteiger charge is -2.32. The second-order valence-electron chi connectivity index (χ2n) is 8.31. The molecule has 2 aromatic carbocycles. The Bertz CT molecular complexity index is 1140. The molecule has 2 amide bonds. The smallest absolute Gasteiger partial charge is 0.244 e. The first-order valence-corrected chi connectivity index (χ1v) is 13.9. The summed E-state index contributed by atoms with van der Waals surface area (Å²) in [5.74, 6) is -0.835. The second-order valence-corrected chi connectivity index (χ2v) is 11.5. The minimum Gasteiger partial charge on any atom is -0.352 e. The monoisotopic (exact) mass is 571 g/mol. The quantitative estimate of drug-likeness (QED) is 0.454. The van der Waals surface area contributed by atoms with Gasteiger partial charge in [0.15, 0.2) is 0 Å². The summed E-state index contributed by atoms with van der Waals surface area (Å²) in [4.78, 5) is 27.8. The number of carbonyl (C=O) groups is 2. The van der Waals surface area contributed by atoms with E-state index in [1.807, 2.05) is 20.8 Å². The van der Waals surface area contributed by atoms with Crippen LogP contribution in [0.15, 0.2) is 46.9 Å². The maximum absolute atomic E-state index is 13.5. The van der Waals surface area contributed by atoms with Crippen LogP contribution in [0.2, 0.25) is 5.02 Å². The third kappa shape index (κ3) is 7.45. The third-order valence-electron chi connectivity index (χ3n) is 5.58. The molecule has 0 radical (unpaired) electrons. The Balaban J connectivity index is 2.42. The van der Waals surface area contributed by atoms with Crippen molar-refractivity contribution in [1.29, 1.82) is 0 Å². The molecule has 2 aromatic rings. The van der Waals surface area contributed by atoms with E-state index in [1.165, 1.54) is 4.90 Å². The van der Waals surface area contributed by atoms with Crippen molar-refractivity contribution >= 4 is 55.1 Å². The molecule has 2 atom stereocenters. The van der Waals surface area contributed by atoms with Crippen LogP contribution in [-0.2, 0) is 26.2 Å². The first kappa shape index (κ1) is 28.1. The highest BCUT2D eigenvalue weighted by Crippen LogP contribution is 2.25. The number of rotatable bonds is 10. The zero-order chi connectivity index (χ0) is 25.6. The number of nitrogens with zero attached hydrogens (tertiary/aromatic N) is 2. The minimum atomic E-state index is -3.78. The fraction of sp³-hybridized carbons (Fsp3) is 0.417. The van der Waals surface area contributed by atoms with E-state index in [0.717, 1.165) is 27.0 Å². The minimum absolute atomic E-state index is 0.0601. The van der Waals surface area contributed by atoms with Crippen molar-refractivity contribution in [2.45, 2.75) is 52.7 Å². The van der Waals surface area contributed by atoms with E-state index in [-0.39, 0.29) is 18.5 Å². The second kappa shape index (κ2) is 12.0. The van der Waals surface area contributed by atoms with Crippen LogP contribution in [0.3, 0.4) is 0 Å². The van der Waals surface area contributed by atoms with Gasteiger partial charge >= 0.3 is 0 Å². The zero-order valence-corrected chi connectivity index (χ0v) is 23.2. The Kier molecular flexibility index (Phi) is 9.96. The number of hydrogen-bond acceptors (Lipinski definition) is 4. The molecule has 0 saturated heterocycles. The van der Waals surface area contributed by atoms with Gasteiger partial charge in [-0.25, -0.2) is 8.42 Å². The zero-order valence-electron chi connectivity index (χ0n) is 20.0. The van der Waals surface area contributed by atoms with Crippen molar-refractivity contribution < 1.29 is 18.0 Å². The number of aryl methyl sites for hydroxylation is 1. The molecule has 7 nitrogen and oxygen atoms in total. The Labute approximate surface area is 215 Å². The first-order valence-electron chi connectivity index (χ1n) is 10.9. The molecule has 0 aromatic heterocycles. The van der Waals surface area contributed by atoms with E-state index < -0.39 is 28.5 Å². The number of nitrogens with one attached hydrogen (secondary N) is 1. The molecule has 10 heteroatoms. The molecule has 34 heavy (non-hydrogen) atoms. The van der Waals surface area contributed by atoms with Gasteiger partial charge in [-0.15, -0.1) is 0 Å². The van der Waals surface area contributed by atoms with Crippen LogP contribution in [0.4, 0.5) is 5.69 Å². The van der Waals surface area contributed by atoms with Crippen LogP contribution < -0.4 is 9.62 Å². The van der Waals surface area contributed by atoms with Gasteiger partial charge in [-0.2, -0.15) is 0 Å². The average molecular weight is 573 g/mol. The molecule has 0 bridgehead atoms. The van der Waals surface area contributed by atoms with Crippen molar-refractivity contribution in [3.8, 4) is 0 Å². The first-order chi connectivity index (χ1) is 15.8. The molecule has 0 unspecified atom stereocenters. The van der Waals surface area contributed by atoms with Crippen LogP contribution in [0.5, 0.6) is 0 Å². The molecule has 1 N–H and O–H groups in total. The molecule has 0 heterocycles. The Hall–Kier alpha value is -2.10. The highest BCUT2D eigenvalue weighted by molar-refractivity contribution is 9.10. The number of halogens is 2. The summed E-state index contributed by atoms with van der Waals surface area (Å²) in [5.41, 5.74) is 1.85. The van der Waals surface area contributed by atoms with Gasteiger partial charge in [0.1, 0.15) is 12.6 Å². The van der Waals surface area contributed by atoms with Gasteiger partial charge in [-0.3, -0.25) is 13.9 Å². The van der Waals surface area contributed by atoms with E-state index >= 15 is 0 Å². The van der Waals surface area contributed by atoms with Crippen molar-refractivity contribution in [2.24, 2.45) is 0 Å². The maximum atomic E-state index is 13.5. The van der Waals surface area contributed by atoms with E-state index in [2.05, 4.69) is 21.2 Å². The molecular formula is C24H31BrClN3O4S. The summed E-state index contributed by atoms with van der Waals surface area (Å²) in [5, 5.41) is 3.35. The highest BCUT2D eigenvalue weighted by Gasteiger charge is 2.30. The predicted octanol–water partition coefficient (Wildman–Crippen LogP) is 4.51. The van der Waals surface area contributed by atoms with Crippen molar-refractivity contribution in [3.63, 3.8) is 0 Å². The summed E-state index contributed by atoms with van der Waals surface area (Å²) >= 11 is 9.73. The van der Waals surface area contributed by atoms with Gasteiger partial charge in [-0.05, 0) is 62.6 Å². The van der Waals surface area contributed by atoms with E-state index in [9.17, 15) is 18.0 Å². The summed E-state index contributed by atoms with van der Waals surface area (Å²) in [6, 6.07) is 11.2. The Morgan fingerprint density at radius 2 is 1.79 bits per heavy atom. The normalized spacial score (nSPS) is 13.1. The molecular weight excluding hydrogens is 542 g/mol. The Morgan fingerprint density at radius 3 is 2.35 bits per heavy atom. The van der Waals surface area contributed by atoms with Crippen LogP contribution in [0, 0.1) is 6.92 Å². The molecule has 0 aliphatic heterocycles. The van der Waals surface area contributed by atoms with Gasteiger partial charge in [0, 0.05) is 22.1 Å². The molecule has 0 saturated carbocycles. The Morgan fingerprint density at radius 1 is 1.15 bits per heavy atom. The number of hydrogen-bond donors (Lipinski definition) is 1. The van der Waals surface area contributed by atoms with Crippen molar-refractivity contribution in [1.82, 2.24) is 10.2 Å². The highest BCUT2D eigenvalue weighted by atomic mass is 79.9. The summed E-state index contributed by atoms with van der Waals surface area (Å²) in [7, 11) is -3.78. The standard InChI is InChI=1S/C24H31BrClN3O4S/c1-6-17(3)27-24(31)18(4)28(14-19-9-7-8-10-22(19)26)23(30)15-29(34(5,32)33)20-11-12-21(25)16(2)13-20/h7-13,17-18H,6,14-15H2,1-5H3,(H,27,31)/t17-,18-/m0/s1. The molecule has 2 rings (SSSR count). The summed E-state index contributed by atoms with van der Waals surface area (Å²) in [6.07, 6.45) is 1.79. The molecule has 0 aliphatic carbocycles. The van der Waals surface area contributed by atoms with Gasteiger partial charge in [0.05, 0.1) is 11.9 Å². The molecule has 0 aliphatic rings. The number of sulfonamides is 1. The number of carbonyl (C=O) groups excluding carboxylic acids is 2. The fourth-order valence-electron chi connectivity index (χ4n) is 3.26. The third-order valence-corrected chi connectivity index (χ3v) is 7.97. The lowest BCUT2D eigenvalue weighted by atomic mass is 10.1.